The molecule has 0 radical (unpaired) electrons. The number of aromatic nitrogens is 1. The van der Waals surface area contributed by atoms with Crippen molar-refractivity contribution in [3.05, 3.63) is 182 Å². The first-order valence-corrected chi connectivity index (χ1v) is 17.9. The molecule has 51 heavy (non-hydrogen) atoms. The van der Waals surface area contributed by atoms with Gasteiger partial charge in [0.2, 0.25) is 5.89 Å². The molecule has 8 aromatic carbocycles. The zero-order valence-electron chi connectivity index (χ0n) is 27.5. The Kier molecular flexibility index (Phi) is 7.00. The van der Waals surface area contributed by atoms with E-state index < -0.39 is 0 Å². The highest BCUT2D eigenvalue weighted by atomic mass is 32.1. The first-order chi connectivity index (χ1) is 25.2. The van der Waals surface area contributed by atoms with E-state index in [4.69, 9.17) is 9.40 Å². The third-order valence-corrected chi connectivity index (χ3v) is 10.8. The molecule has 0 atom stereocenters. The average Bonchev–Trinajstić information content (AvgIpc) is 3.78. The van der Waals surface area contributed by atoms with E-state index in [1.54, 1.807) is 11.3 Å². The Hall–Kier alpha value is -6.49. The molecule has 0 aliphatic rings. The second-order valence-corrected chi connectivity index (χ2v) is 13.9. The van der Waals surface area contributed by atoms with Crippen molar-refractivity contribution in [3.63, 3.8) is 0 Å². The second-order valence-electron chi connectivity index (χ2n) is 12.8. The summed E-state index contributed by atoms with van der Waals surface area (Å²) in [7, 11) is 0. The number of rotatable bonds is 6. The Morgan fingerprint density at radius 1 is 0.431 bits per heavy atom. The summed E-state index contributed by atoms with van der Waals surface area (Å²) >= 11 is 1.80. The van der Waals surface area contributed by atoms with Crippen LogP contribution in [0.4, 0.5) is 17.1 Å². The predicted octanol–water partition coefficient (Wildman–Crippen LogP) is 13.8. The molecular weight excluding hydrogens is 641 g/mol. The van der Waals surface area contributed by atoms with Gasteiger partial charge in [0.1, 0.15) is 5.52 Å². The number of nitrogens with zero attached hydrogens (tertiary/aromatic N) is 2. The lowest BCUT2D eigenvalue weighted by atomic mass is 9.98. The van der Waals surface area contributed by atoms with Crippen LogP contribution in [0.2, 0.25) is 0 Å². The average molecular weight is 671 g/mol. The van der Waals surface area contributed by atoms with E-state index in [2.05, 4.69) is 157 Å². The fourth-order valence-corrected chi connectivity index (χ4v) is 8.26. The van der Waals surface area contributed by atoms with E-state index in [9.17, 15) is 0 Å². The minimum absolute atomic E-state index is 0.642. The lowest BCUT2D eigenvalue weighted by molar-refractivity contribution is 0.620. The molecular formula is C47H30N2OS. The minimum atomic E-state index is 0.642. The van der Waals surface area contributed by atoms with Crippen LogP contribution in [0.1, 0.15) is 0 Å². The van der Waals surface area contributed by atoms with E-state index in [1.165, 1.54) is 53.2 Å². The van der Waals surface area contributed by atoms with Gasteiger partial charge in [0.05, 0.1) is 5.69 Å². The van der Waals surface area contributed by atoms with Crippen LogP contribution in [0.3, 0.4) is 0 Å². The van der Waals surface area contributed by atoms with Crippen molar-refractivity contribution in [1.29, 1.82) is 0 Å². The van der Waals surface area contributed by atoms with Gasteiger partial charge < -0.3 is 9.32 Å². The molecule has 0 N–H and O–H groups in total. The Labute approximate surface area is 299 Å². The zero-order valence-corrected chi connectivity index (χ0v) is 28.3. The summed E-state index contributed by atoms with van der Waals surface area (Å²) in [6, 6.07) is 64.8. The van der Waals surface area contributed by atoms with Gasteiger partial charge >= 0.3 is 0 Å². The second kappa shape index (κ2) is 12.1. The summed E-state index contributed by atoms with van der Waals surface area (Å²) in [4.78, 5) is 7.26. The summed E-state index contributed by atoms with van der Waals surface area (Å²) in [5.41, 5.74) is 10.7. The van der Waals surface area contributed by atoms with Crippen molar-refractivity contribution in [2.24, 2.45) is 0 Å². The third kappa shape index (κ3) is 5.25. The summed E-state index contributed by atoms with van der Waals surface area (Å²) in [6.45, 7) is 0. The molecule has 0 aliphatic carbocycles. The predicted molar refractivity (Wildman–Crippen MR) is 215 cm³/mol. The highest BCUT2D eigenvalue weighted by Crippen LogP contribution is 2.45. The van der Waals surface area contributed by atoms with Gasteiger partial charge in [0, 0.05) is 42.5 Å². The number of fused-ring (bicyclic) bond motifs is 5. The monoisotopic (exact) mass is 670 g/mol. The normalized spacial score (nSPS) is 11.5. The number of oxazole rings is 1. The fraction of sp³-hybridized carbons (Fsp3) is 0. The summed E-state index contributed by atoms with van der Waals surface area (Å²) in [6.07, 6.45) is 0. The molecule has 0 unspecified atom stereocenters. The molecule has 2 aromatic heterocycles. The minimum Gasteiger partial charge on any atom is -0.436 e. The van der Waals surface area contributed by atoms with Gasteiger partial charge in [0.15, 0.2) is 5.58 Å². The van der Waals surface area contributed by atoms with E-state index in [1.807, 2.05) is 30.3 Å². The Morgan fingerprint density at radius 3 is 1.78 bits per heavy atom. The molecule has 0 saturated heterocycles. The van der Waals surface area contributed by atoms with Crippen molar-refractivity contribution in [2.75, 3.05) is 4.90 Å². The molecule has 0 amide bonds. The molecule has 0 bridgehead atoms. The molecule has 0 fully saturated rings. The quantitative estimate of drug-likeness (QED) is 0.176. The lowest BCUT2D eigenvalue weighted by Gasteiger charge is -2.28. The molecule has 10 rings (SSSR count). The molecule has 2 heterocycles. The standard InChI is InChI=1S/C47H30N2OS/c1-4-12-31(13-5-1)33-20-22-37(23-21-33)49(43-27-36(32-14-6-2-7-15-32)26-35-18-10-11-19-39(35)43)38-24-25-45-40(28-38)41-29-44-42(30-46(41)51-45)48-47(50-44)34-16-8-3-9-17-34/h1-30H. The zero-order chi connectivity index (χ0) is 33.7. The summed E-state index contributed by atoms with van der Waals surface area (Å²) in [5.74, 6) is 0.642. The van der Waals surface area contributed by atoms with Crippen molar-refractivity contribution < 1.29 is 4.42 Å². The van der Waals surface area contributed by atoms with Crippen molar-refractivity contribution in [2.45, 2.75) is 0 Å². The van der Waals surface area contributed by atoms with Crippen LogP contribution in [-0.4, -0.2) is 4.98 Å². The highest BCUT2D eigenvalue weighted by molar-refractivity contribution is 7.25. The number of hydrogen-bond donors (Lipinski definition) is 0. The van der Waals surface area contributed by atoms with Gasteiger partial charge in [-0.3, -0.25) is 0 Å². The molecule has 4 heteroatoms. The highest BCUT2D eigenvalue weighted by Gasteiger charge is 2.20. The molecule has 10 aromatic rings. The van der Waals surface area contributed by atoms with Crippen molar-refractivity contribution >= 4 is 70.4 Å². The van der Waals surface area contributed by atoms with Gasteiger partial charge in [-0.05, 0) is 94.4 Å². The summed E-state index contributed by atoms with van der Waals surface area (Å²) in [5, 5.41) is 4.75. The number of benzene rings is 8. The third-order valence-electron chi connectivity index (χ3n) is 9.66. The van der Waals surface area contributed by atoms with Crippen LogP contribution in [0, 0.1) is 0 Å². The number of thiophene rings is 1. The smallest absolute Gasteiger partial charge is 0.227 e. The largest absolute Gasteiger partial charge is 0.436 e. The van der Waals surface area contributed by atoms with E-state index in [0.717, 1.165) is 33.7 Å². The Bertz CT molecular complexity index is 2840. The number of anilines is 3. The number of hydrogen-bond acceptors (Lipinski definition) is 4. The van der Waals surface area contributed by atoms with Crippen molar-refractivity contribution in [3.8, 4) is 33.7 Å². The molecule has 0 saturated carbocycles. The molecule has 0 aliphatic heterocycles. The molecule has 3 nitrogen and oxygen atoms in total. The first kappa shape index (κ1) is 29.4. The van der Waals surface area contributed by atoms with Gasteiger partial charge in [-0.25, -0.2) is 4.98 Å². The lowest BCUT2D eigenvalue weighted by Crippen LogP contribution is -2.10. The molecule has 240 valence electrons. The van der Waals surface area contributed by atoms with Crippen LogP contribution >= 0.6 is 11.3 Å². The van der Waals surface area contributed by atoms with Gasteiger partial charge in [-0.2, -0.15) is 0 Å². The summed E-state index contributed by atoms with van der Waals surface area (Å²) < 4.78 is 8.75. The van der Waals surface area contributed by atoms with E-state index in [0.29, 0.717) is 5.89 Å². The van der Waals surface area contributed by atoms with Gasteiger partial charge in [-0.15, -0.1) is 11.3 Å². The maximum Gasteiger partial charge on any atom is 0.227 e. The fourth-order valence-electron chi connectivity index (χ4n) is 7.16. The SMILES string of the molecule is c1ccc(-c2ccc(N(c3ccc4sc5cc6nc(-c7ccccc7)oc6cc5c4c3)c3cc(-c4ccccc4)cc4ccccc34)cc2)cc1. The van der Waals surface area contributed by atoms with Gasteiger partial charge in [0.25, 0.3) is 0 Å². The molecule has 0 spiro atoms. The van der Waals surface area contributed by atoms with Crippen LogP contribution in [0.5, 0.6) is 0 Å². The topological polar surface area (TPSA) is 29.3 Å². The van der Waals surface area contributed by atoms with Crippen LogP contribution in [0.25, 0.3) is 75.8 Å². The van der Waals surface area contributed by atoms with E-state index >= 15 is 0 Å². The maximum atomic E-state index is 6.33. The van der Waals surface area contributed by atoms with Crippen LogP contribution in [0.15, 0.2) is 186 Å². The van der Waals surface area contributed by atoms with E-state index in [-0.39, 0.29) is 0 Å². The van der Waals surface area contributed by atoms with Crippen molar-refractivity contribution in [1.82, 2.24) is 4.98 Å². The van der Waals surface area contributed by atoms with Gasteiger partial charge in [-0.1, -0.05) is 115 Å². The maximum absolute atomic E-state index is 6.33. The van der Waals surface area contributed by atoms with Crippen LogP contribution in [-0.2, 0) is 0 Å². The Balaban J connectivity index is 1.18. The van der Waals surface area contributed by atoms with Crippen LogP contribution < -0.4 is 4.90 Å². The Morgan fingerprint density at radius 2 is 1.04 bits per heavy atom. The first-order valence-electron chi connectivity index (χ1n) is 17.1.